The zero-order valence-corrected chi connectivity index (χ0v) is 37.1. The normalized spacial score (nSPS) is 12.1. The van der Waals surface area contributed by atoms with Crippen LogP contribution in [0.15, 0.2) is 0 Å². The quantitative estimate of drug-likeness (QED) is 0.0930. The van der Waals surface area contributed by atoms with Gasteiger partial charge in [0.05, 0.1) is 0 Å². The van der Waals surface area contributed by atoms with E-state index in [9.17, 15) is 0 Å². The van der Waals surface area contributed by atoms with E-state index in [-0.39, 0.29) is 77.9 Å². The van der Waals surface area contributed by atoms with Crippen molar-refractivity contribution in [2.24, 2.45) is 5.41 Å². The summed E-state index contributed by atoms with van der Waals surface area (Å²) in [5.74, 6) is 2.60. The van der Waals surface area contributed by atoms with Crippen molar-refractivity contribution in [3.05, 3.63) is 0 Å². The fourth-order valence-corrected chi connectivity index (χ4v) is 17.5. The second kappa shape index (κ2) is 27.9. The molecule has 0 saturated heterocycles. The first-order valence-electron chi connectivity index (χ1n) is 15.6. The van der Waals surface area contributed by atoms with E-state index in [1.807, 2.05) is 20.8 Å². The van der Waals surface area contributed by atoms with Gasteiger partial charge < -0.3 is 0 Å². The Morgan fingerprint density at radius 2 is 0.500 bits per heavy atom. The van der Waals surface area contributed by atoms with Crippen LogP contribution in [0.1, 0.15) is 132 Å². The van der Waals surface area contributed by atoms with Crippen molar-refractivity contribution in [1.29, 1.82) is 0 Å². The first kappa shape index (κ1) is 52.2. The number of hydrogen-bond acceptors (Lipinski definition) is 0. The summed E-state index contributed by atoms with van der Waals surface area (Å²) in [7, 11) is 1.02. The Labute approximate surface area is 289 Å². The third kappa shape index (κ3) is 28.1. The molecule has 0 fully saturated rings. The first-order chi connectivity index (χ1) is 17.1. The molecule has 0 amide bonds. The van der Waals surface area contributed by atoms with Gasteiger partial charge in [0, 0.05) is 46.3 Å². The van der Waals surface area contributed by atoms with Crippen molar-refractivity contribution >= 4 is 31.7 Å². The van der Waals surface area contributed by atoms with Crippen LogP contribution in [0, 0.1) is 17.8 Å². The summed E-state index contributed by atoms with van der Waals surface area (Å²) in [6, 6.07) is 0. The summed E-state index contributed by atoms with van der Waals surface area (Å²) < 4.78 is 0. The van der Waals surface area contributed by atoms with Gasteiger partial charge in [0.25, 0.3) is 0 Å². The van der Waals surface area contributed by atoms with E-state index in [1.54, 1.807) is 0 Å². The molecule has 0 nitrogen and oxygen atoms in total. The van der Waals surface area contributed by atoms with Gasteiger partial charge in [-0.1, -0.05) is 111 Å². The van der Waals surface area contributed by atoms with Crippen LogP contribution in [0.5, 0.6) is 0 Å². The Morgan fingerprint density at radius 1 is 0.400 bits per heavy atom. The summed E-state index contributed by atoms with van der Waals surface area (Å²) in [4.78, 5) is 0. The largest absolute Gasteiger partial charge is 0.120 e. The predicted molar refractivity (Wildman–Crippen MR) is 197 cm³/mol. The average Bonchev–Trinajstić information content (AvgIpc) is 2.72. The second-order valence-corrected chi connectivity index (χ2v) is 28.3. The molecule has 0 aromatic rings. The second-order valence-electron chi connectivity index (χ2n) is 14.1. The maximum Gasteiger partial charge on any atom is 0.0227 e. The van der Waals surface area contributed by atoms with Gasteiger partial charge in [-0.05, 0) is 90.7 Å². The number of terminal acetylenes is 1. The summed E-state index contributed by atoms with van der Waals surface area (Å²) in [6.07, 6.45) is 11.1. The van der Waals surface area contributed by atoms with E-state index in [2.05, 4.69) is 117 Å². The van der Waals surface area contributed by atoms with Crippen LogP contribution >= 0.6 is 31.7 Å². The molecular weight excluding hydrogens is 745 g/mol. The summed E-state index contributed by atoms with van der Waals surface area (Å²) in [6.45, 7) is 44.7. The van der Waals surface area contributed by atoms with Crippen molar-refractivity contribution in [2.75, 3.05) is 24.6 Å². The van der Waals surface area contributed by atoms with E-state index in [0.29, 0.717) is 0 Å². The fourth-order valence-electron chi connectivity index (χ4n) is 4.91. The molecular formula is C34H74P4Pd2. The molecule has 0 aromatic heterocycles. The number of hydrogen-bond donors (Lipinski definition) is 0. The van der Waals surface area contributed by atoms with Gasteiger partial charge in [0.1, 0.15) is 0 Å². The van der Waals surface area contributed by atoms with Crippen LogP contribution in [0.2, 0.25) is 0 Å². The summed E-state index contributed by atoms with van der Waals surface area (Å²) >= 11 is 0. The van der Waals surface area contributed by atoms with Crippen LogP contribution in [0.4, 0.5) is 0 Å². The van der Waals surface area contributed by atoms with Gasteiger partial charge in [-0.25, -0.2) is 0 Å². The fraction of sp³-hybridized carbons (Fsp3) is 0.941. The first-order valence-corrected chi connectivity index (χ1v) is 22.3. The van der Waals surface area contributed by atoms with Gasteiger partial charge in [0.2, 0.25) is 0 Å². The van der Waals surface area contributed by atoms with Crippen LogP contribution in [0.25, 0.3) is 0 Å². The molecule has 6 heteroatoms. The van der Waals surface area contributed by atoms with Gasteiger partial charge >= 0.3 is 0 Å². The average molecular weight is 820 g/mol. The standard InChI is InChI=1S/2C14H32P2.C6H10.2Pd/c2*1-11(2)15(12(3)4)9-10-16(13(5)6)14(7)8;1-5-6(2,3)4;;/h2*11-14H,9-10H2,1-8H3;1H,2-4H3;;. The van der Waals surface area contributed by atoms with Crippen LogP contribution in [-0.4, -0.2) is 69.9 Å². The Morgan fingerprint density at radius 3 is 0.550 bits per heavy atom. The molecule has 0 atom stereocenters. The summed E-state index contributed by atoms with van der Waals surface area (Å²) in [5.41, 5.74) is 7.34. The van der Waals surface area contributed by atoms with Gasteiger partial charge in [-0.2, -0.15) is 0 Å². The Kier molecular flexibility index (Phi) is 36.3. The third-order valence-electron chi connectivity index (χ3n) is 6.97. The molecule has 0 rings (SSSR count). The molecule has 0 aliphatic carbocycles. The van der Waals surface area contributed by atoms with E-state index in [0.717, 1.165) is 45.3 Å². The molecule has 0 aromatic carbocycles. The van der Waals surface area contributed by atoms with Crippen molar-refractivity contribution in [3.63, 3.8) is 0 Å². The number of rotatable bonds is 14. The van der Waals surface area contributed by atoms with Crippen LogP contribution in [0.3, 0.4) is 0 Å². The maximum absolute atomic E-state index is 5.06. The smallest absolute Gasteiger partial charge is 0.0227 e. The molecule has 250 valence electrons. The van der Waals surface area contributed by atoms with Crippen molar-refractivity contribution in [1.82, 2.24) is 0 Å². The van der Waals surface area contributed by atoms with Crippen molar-refractivity contribution in [3.8, 4) is 12.3 Å². The van der Waals surface area contributed by atoms with E-state index in [4.69, 9.17) is 6.42 Å². The van der Waals surface area contributed by atoms with E-state index in [1.165, 1.54) is 24.6 Å². The minimum absolute atomic E-state index is 0. The third-order valence-corrected chi connectivity index (χ3v) is 21.3. The van der Waals surface area contributed by atoms with Gasteiger partial charge in [-0.15, -0.1) is 44.0 Å². The molecule has 0 aliphatic heterocycles. The molecule has 0 N–H and O–H groups in total. The zero-order valence-electron chi connectivity index (χ0n) is 30.4. The van der Waals surface area contributed by atoms with Crippen molar-refractivity contribution in [2.45, 2.75) is 177 Å². The maximum atomic E-state index is 5.06. The van der Waals surface area contributed by atoms with E-state index < -0.39 is 0 Å². The SMILES string of the molecule is C#CC(C)(C)C.CC(C)P(CCP(C(C)C)C(C)C)C(C)C.CC(C)P(CCP(C(C)C)C(C)C)C(C)C.[Pd].[Pd]. The molecule has 0 heterocycles. The minimum Gasteiger partial charge on any atom is -0.120 e. The molecule has 0 unspecified atom stereocenters. The van der Waals surface area contributed by atoms with Crippen LogP contribution < -0.4 is 0 Å². The molecule has 40 heavy (non-hydrogen) atoms. The van der Waals surface area contributed by atoms with E-state index >= 15 is 0 Å². The Bertz CT molecular complexity index is 476. The van der Waals surface area contributed by atoms with Gasteiger partial charge in [-0.3, -0.25) is 0 Å². The molecule has 0 radical (unpaired) electrons. The Hall–Kier alpha value is 2.60. The monoisotopic (exact) mass is 818 g/mol. The Balaban J connectivity index is -0.000000163. The summed E-state index contributed by atoms with van der Waals surface area (Å²) in [5, 5.41) is 0. The topological polar surface area (TPSA) is 0 Å². The molecule has 0 bridgehead atoms. The minimum atomic E-state index is 0. The molecule has 0 spiro atoms. The zero-order chi connectivity index (χ0) is 31.0. The molecule has 0 aliphatic rings. The predicted octanol–water partition coefficient (Wildman–Crippen LogP) is 12.8. The van der Waals surface area contributed by atoms with Crippen molar-refractivity contribution < 1.29 is 40.8 Å². The van der Waals surface area contributed by atoms with Crippen LogP contribution in [-0.2, 0) is 40.8 Å². The molecule has 0 saturated carbocycles. The van der Waals surface area contributed by atoms with Gasteiger partial charge in [0.15, 0.2) is 0 Å².